The maximum atomic E-state index is 12.2. The number of nitrogen functional groups attached to an aromatic ring is 1. The van der Waals surface area contributed by atoms with Gasteiger partial charge >= 0.3 is 0 Å². The fraction of sp³-hybridized carbons (Fsp3) is 0.500. The van der Waals surface area contributed by atoms with Crippen molar-refractivity contribution in [3.05, 3.63) is 22.3 Å². The summed E-state index contributed by atoms with van der Waals surface area (Å²) in [6, 6.07) is 1.72. The minimum atomic E-state index is -0.0598. The number of hydrogen-bond acceptors (Lipinski definition) is 3. The standard InChI is InChI=1S/C12H16BrN3O/c1-7-3-8(7)6-16(2)12(17)10-4-9(13)5-15-11(10)14/h4-5,7-8H,3,6H2,1-2H3,(H2,14,15). The molecule has 1 aliphatic carbocycles. The van der Waals surface area contributed by atoms with Crippen LogP contribution in [0, 0.1) is 11.8 Å². The lowest BCUT2D eigenvalue weighted by atomic mass is 10.2. The summed E-state index contributed by atoms with van der Waals surface area (Å²) in [6.07, 6.45) is 2.80. The van der Waals surface area contributed by atoms with E-state index in [0.717, 1.165) is 16.9 Å². The maximum absolute atomic E-state index is 12.2. The number of carbonyl (C=O) groups excluding carboxylic acids is 1. The Kier molecular flexibility index (Phi) is 3.38. The number of aromatic nitrogens is 1. The van der Waals surface area contributed by atoms with Crippen molar-refractivity contribution in [1.82, 2.24) is 9.88 Å². The zero-order valence-electron chi connectivity index (χ0n) is 9.98. The molecule has 1 aromatic rings. The molecular formula is C12H16BrN3O. The molecule has 0 aromatic carbocycles. The van der Waals surface area contributed by atoms with Crippen LogP contribution in [0.2, 0.25) is 0 Å². The molecule has 4 nitrogen and oxygen atoms in total. The molecule has 0 aliphatic heterocycles. The monoisotopic (exact) mass is 297 g/mol. The van der Waals surface area contributed by atoms with Gasteiger partial charge in [-0.05, 0) is 40.3 Å². The Morgan fingerprint density at radius 2 is 2.35 bits per heavy atom. The predicted molar refractivity (Wildman–Crippen MR) is 70.6 cm³/mol. The number of rotatable bonds is 3. The van der Waals surface area contributed by atoms with Crippen LogP contribution >= 0.6 is 15.9 Å². The lowest BCUT2D eigenvalue weighted by Gasteiger charge is -2.17. The van der Waals surface area contributed by atoms with Gasteiger partial charge in [-0.25, -0.2) is 4.98 Å². The van der Waals surface area contributed by atoms with Crippen molar-refractivity contribution in [3.63, 3.8) is 0 Å². The Hall–Kier alpha value is -1.10. The molecule has 1 aromatic heterocycles. The van der Waals surface area contributed by atoms with Gasteiger partial charge in [0.05, 0.1) is 5.56 Å². The Labute approximate surface area is 109 Å². The van der Waals surface area contributed by atoms with Gasteiger partial charge in [-0.3, -0.25) is 4.79 Å². The van der Waals surface area contributed by atoms with Gasteiger partial charge in [0.15, 0.2) is 0 Å². The van der Waals surface area contributed by atoms with E-state index in [9.17, 15) is 4.79 Å². The maximum Gasteiger partial charge on any atom is 0.257 e. The highest BCUT2D eigenvalue weighted by molar-refractivity contribution is 9.10. The van der Waals surface area contributed by atoms with E-state index in [1.165, 1.54) is 6.42 Å². The molecule has 2 N–H and O–H groups in total. The minimum Gasteiger partial charge on any atom is -0.383 e. The van der Waals surface area contributed by atoms with E-state index in [2.05, 4.69) is 27.8 Å². The third-order valence-corrected chi connectivity index (χ3v) is 3.68. The lowest BCUT2D eigenvalue weighted by molar-refractivity contribution is 0.0787. The Morgan fingerprint density at radius 3 is 2.94 bits per heavy atom. The van der Waals surface area contributed by atoms with Gasteiger partial charge in [-0.2, -0.15) is 0 Å². The highest BCUT2D eigenvalue weighted by Gasteiger charge is 2.34. The van der Waals surface area contributed by atoms with Gasteiger partial charge in [-0.15, -0.1) is 0 Å². The third kappa shape index (κ3) is 2.77. The third-order valence-electron chi connectivity index (χ3n) is 3.25. The normalized spacial score (nSPS) is 22.3. The number of anilines is 1. The molecule has 1 fully saturated rings. The van der Waals surface area contributed by atoms with E-state index >= 15 is 0 Å². The summed E-state index contributed by atoms with van der Waals surface area (Å²) in [5.74, 6) is 1.61. The summed E-state index contributed by atoms with van der Waals surface area (Å²) in [7, 11) is 1.81. The van der Waals surface area contributed by atoms with Crippen molar-refractivity contribution in [3.8, 4) is 0 Å². The average molecular weight is 298 g/mol. The topological polar surface area (TPSA) is 59.2 Å². The van der Waals surface area contributed by atoms with E-state index in [4.69, 9.17) is 5.73 Å². The average Bonchev–Trinajstić information content (AvgIpc) is 2.96. The first kappa shape index (κ1) is 12.4. The number of amides is 1. The Balaban J connectivity index is 2.10. The quantitative estimate of drug-likeness (QED) is 0.930. The second-order valence-corrected chi connectivity index (χ2v) is 5.66. The summed E-state index contributed by atoms with van der Waals surface area (Å²) in [6.45, 7) is 3.00. The van der Waals surface area contributed by atoms with Gasteiger partial charge in [-0.1, -0.05) is 6.92 Å². The minimum absolute atomic E-state index is 0.0598. The molecule has 0 bridgehead atoms. The van der Waals surface area contributed by atoms with Gasteiger partial charge < -0.3 is 10.6 Å². The first-order valence-electron chi connectivity index (χ1n) is 5.65. The number of nitrogens with two attached hydrogens (primary N) is 1. The van der Waals surface area contributed by atoms with E-state index in [0.29, 0.717) is 11.5 Å². The van der Waals surface area contributed by atoms with Crippen LogP contribution in [0.1, 0.15) is 23.7 Å². The second kappa shape index (κ2) is 4.64. The fourth-order valence-electron chi connectivity index (χ4n) is 1.91. The van der Waals surface area contributed by atoms with Crippen molar-refractivity contribution >= 4 is 27.7 Å². The predicted octanol–water partition coefficient (Wildman–Crippen LogP) is 2.15. The Morgan fingerprint density at radius 1 is 1.71 bits per heavy atom. The number of pyridine rings is 1. The molecule has 0 spiro atoms. The molecule has 17 heavy (non-hydrogen) atoms. The van der Waals surface area contributed by atoms with Crippen molar-refractivity contribution in [2.24, 2.45) is 11.8 Å². The smallest absolute Gasteiger partial charge is 0.257 e. The molecule has 2 rings (SSSR count). The molecule has 0 radical (unpaired) electrons. The molecule has 2 atom stereocenters. The van der Waals surface area contributed by atoms with E-state index < -0.39 is 0 Å². The van der Waals surface area contributed by atoms with Gasteiger partial charge in [0.25, 0.3) is 5.91 Å². The zero-order valence-corrected chi connectivity index (χ0v) is 11.6. The first-order valence-corrected chi connectivity index (χ1v) is 6.45. The van der Waals surface area contributed by atoms with Gasteiger partial charge in [0, 0.05) is 24.3 Å². The number of hydrogen-bond donors (Lipinski definition) is 1. The molecule has 1 heterocycles. The highest BCUT2D eigenvalue weighted by atomic mass is 79.9. The summed E-state index contributed by atoms with van der Waals surface area (Å²) in [5, 5.41) is 0. The largest absolute Gasteiger partial charge is 0.383 e. The van der Waals surface area contributed by atoms with Crippen molar-refractivity contribution in [2.45, 2.75) is 13.3 Å². The molecule has 92 valence electrons. The molecule has 1 aliphatic rings. The highest BCUT2D eigenvalue weighted by Crippen LogP contribution is 2.38. The Bertz CT molecular complexity index is 449. The van der Waals surface area contributed by atoms with Crippen LogP contribution in [0.4, 0.5) is 5.82 Å². The summed E-state index contributed by atoms with van der Waals surface area (Å²) >= 11 is 3.30. The van der Waals surface area contributed by atoms with Crippen LogP contribution in [-0.4, -0.2) is 29.4 Å². The number of carbonyl (C=O) groups is 1. The molecule has 1 amide bonds. The summed E-state index contributed by atoms with van der Waals surface area (Å²) in [5.41, 5.74) is 6.19. The summed E-state index contributed by atoms with van der Waals surface area (Å²) in [4.78, 5) is 17.9. The molecule has 1 saturated carbocycles. The molecule has 0 saturated heterocycles. The van der Waals surface area contributed by atoms with Crippen LogP contribution in [0.15, 0.2) is 16.7 Å². The van der Waals surface area contributed by atoms with E-state index in [1.54, 1.807) is 17.2 Å². The van der Waals surface area contributed by atoms with E-state index in [1.807, 2.05) is 7.05 Å². The van der Waals surface area contributed by atoms with Crippen LogP contribution in [0.25, 0.3) is 0 Å². The lowest BCUT2D eigenvalue weighted by Crippen LogP contribution is -2.29. The first-order chi connectivity index (χ1) is 7.99. The van der Waals surface area contributed by atoms with Crippen LogP contribution in [0.3, 0.4) is 0 Å². The van der Waals surface area contributed by atoms with Gasteiger partial charge in [0.1, 0.15) is 5.82 Å². The van der Waals surface area contributed by atoms with E-state index in [-0.39, 0.29) is 11.7 Å². The SMILES string of the molecule is CC1CC1CN(C)C(=O)c1cc(Br)cnc1N. The molecule has 2 unspecified atom stereocenters. The number of nitrogens with zero attached hydrogens (tertiary/aromatic N) is 2. The second-order valence-electron chi connectivity index (χ2n) is 4.75. The van der Waals surface area contributed by atoms with Crippen molar-refractivity contribution < 1.29 is 4.79 Å². The van der Waals surface area contributed by atoms with Crippen LogP contribution in [-0.2, 0) is 0 Å². The zero-order chi connectivity index (χ0) is 12.6. The van der Waals surface area contributed by atoms with Crippen molar-refractivity contribution in [2.75, 3.05) is 19.3 Å². The van der Waals surface area contributed by atoms with Crippen molar-refractivity contribution in [1.29, 1.82) is 0 Å². The molecular weight excluding hydrogens is 282 g/mol. The molecule has 5 heteroatoms. The van der Waals surface area contributed by atoms with Crippen LogP contribution in [0.5, 0.6) is 0 Å². The summed E-state index contributed by atoms with van der Waals surface area (Å²) < 4.78 is 0.767. The van der Waals surface area contributed by atoms with Crippen LogP contribution < -0.4 is 5.73 Å². The fourth-order valence-corrected chi connectivity index (χ4v) is 2.25. The number of halogens is 1. The van der Waals surface area contributed by atoms with Gasteiger partial charge in [0.2, 0.25) is 0 Å².